The van der Waals surface area contributed by atoms with Gasteiger partial charge in [-0.1, -0.05) is 6.07 Å². The van der Waals surface area contributed by atoms with E-state index in [0.29, 0.717) is 22.8 Å². The molecule has 0 amide bonds. The smallest absolute Gasteiger partial charge is 0.335 e. The van der Waals surface area contributed by atoms with Crippen LogP contribution in [-0.4, -0.2) is 51.9 Å². The molecule has 0 radical (unpaired) electrons. The van der Waals surface area contributed by atoms with Crippen LogP contribution in [0.5, 0.6) is 11.5 Å². The number of carboxylic acids is 1. The van der Waals surface area contributed by atoms with E-state index in [1.54, 1.807) is 25.3 Å². The van der Waals surface area contributed by atoms with Crippen molar-refractivity contribution in [3.63, 3.8) is 0 Å². The first kappa shape index (κ1) is 25.3. The second-order valence-electron chi connectivity index (χ2n) is 7.89. The maximum absolute atomic E-state index is 13.8. The molecular formula is C24H23N3O7S2. The summed E-state index contributed by atoms with van der Waals surface area (Å²) in [6.07, 6.45) is 1.60. The van der Waals surface area contributed by atoms with Crippen molar-refractivity contribution >= 4 is 37.8 Å². The lowest BCUT2D eigenvalue weighted by Gasteiger charge is -2.13. The Kier molecular flexibility index (Phi) is 6.83. The molecule has 4 rings (SSSR count). The molecule has 12 heteroatoms. The lowest BCUT2D eigenvalue weighted by Crippen LogP contribution is -2.18. The van der Waals surface area contributed by atoms with Crippen LogP contribution in [0.4, 0.5) is 0 Å². The Morgan fingerprint density at radius 1 is 1.11 bits per heavy atom. The molecule has 4 aromatic rings. The van der Waals surface area contributed by atoms with Gasteiger partial charge < -0.3 is 14.6 Å². The van der Waals surface area contributed by atoms with Gasteiger partial charge in [-0.15, -0.1) is 0 Å². The zero-order valence-electron chi connectivity index (χ0n) is 19.9. The quantitative estimate of drug-likeness (QED) is 0.364. The van der Waals surface area contributed by atoms with Crippen LogP contribution in [0.1, 0.15) is 27.2 Å². The molecule has 0 spiro atoms. The number of hydrogen-bond acceptors (Lipinski definition) is 8. The third kappa shape index (κ3) is 4.44. The number of nitrogens with zero attached hydrogens (tertiary/aromatic N) is 3. The first-order valence-electron chi connectivity index (χ1n) is 10.6. The summed E-state index contributed by atoms with van der Waals surface area (Å²) in [4.78, 5) is 19.9. The number of methoxy groups -OCH3 is 2. The van der Waals surface area contributed by atoms with Crippen LogP contribution in [0.15, 0.2) is 58.7 Å². The van der Waals surface area contributed by atoms with Crippen molar-refractivity contribution in [2.75, 3.05) is 14.2 Å². The molecule has 188 valence electrons. The van der Waals surface area contributed by atoms with E-state index in [-0.39, 0.29) is 32.4 Å². The highest BCUT2D eigenvalue weighted by Crippen LogP contribution is 2.30. The van der Waals surface area contributed by atoms with E-state index < -0.39 is 26.8 Å². The number of imidazole rings is 1. The van der Waals surface area contributed by atoms with Gasteiger partial charge >= 0.3 is 5.97 Å². The standard InChI is InChI=1S/C24H23N3O7S2/c1-14-12-25-20(15(2)22(14)34-4)13-35(30)24-26-19-9-8-17(33-3)11-21(19)27(24)36(31,32)18-7-5-6-16(10-18)23(28)29/h5-12H,13H2,1-4H3,(H,28,29). The Morgan fingerprint density at radius 2 is 1.86 bits per heavy atom. The molecule has 0 aliphatic carbocycles. The average Bonchev–Trinajstić information content (AvgIpc) is 3.26. The van der Waals surface area contributed by atoms with Crippen LogP contribution in [0.25, 0.3) is 11.0 Å². The van der Waals surface area contributed by atoms with Gasteiger partial charge in [-0.05, 0) is 44.2 Å². The molecule has 2 aromatic heterocycles. The highest BCUT2D eigenvalue weighted by molar-refractivity contribution is 7.91. The summed E-state index contributed by atoms with van der Waals surface area (Å²) >= 11 is 0. The summed E-state index contributed by atoms with van der Waals surface area (Å²) in [6, 6.07) is 9.59. The molecule has 2 heterocycles. The average molecular weight is 530 g/mol. The van der Waals surface area contributed by atoms with Crippen molar-refractivity contribution in [2.45, 2.75) is 29.7 Å². The monoisotopic (exact) mass is 529 g/mol. The van der Waals surface area contributed by atoms with Crippen LogP contribution in [0, 0.1) is 13.8 Å². The van der Waals surface area contributed by atoms with Gasteiger partial charge in [0.25, 0.3) is 10.0 Å². The minimum absolute atomic E-state index is 0.117. The van der Waals surface area contributed by atoms with E-state index in [2.05, 4.69) is 9.97 Å². The van der Waals surface area contributed by atoms with Crippen LogP contribution in [-0.2, 0) is 26.6 Å². The van der Waals surface area contributed by atoms with Gasteiger partial charge in [-0.2, -0.15) is 0 Å². The SMILES string of the molecule is COc1ccc2nc(S(=O)Cc3ncc(C)c(OC)c3C)n(S(=O)(=O)c3cccc(C(=O)O)c3)c2c1. The Bertz CT molecular complexity index is 1630. The lowest BCUT2D eigenvalue weighted by molar-refractivity contribution is 0.0696. The molecule has 0 aliphatic rings. The van der Waals surface area contributed by atoms with Gasteiger partial charge in [-0.25, -0.2) is 22.2 Å². The summed E-state index contributed by atoms with van der Waals surface area (Å²) in [5.41, 5.74) is 2.19. The van der Waals surface area contributed by atoms with Crippen LogP contribution in [0.2, 0.25) is 0 Å². The van der Waals surface area contributed by atoms with E-state index in [1.807, 2.05) is 6.92 Å². The minimum Gasteiger partial charge on any atom is -0.497 e. The van der Waals surface area contributed by atoms with E-state index >= 15 is 0 Å². The van der Waals surface area contributed by atoms with Gasteiger partial charge in [0.05, 0.1) is 58.0 Å². The molecule has 0 fully saturated rings. The summed E-state index contributed by atoms with van der Waals surface area (Å²) < 4.78 is 52.7. The van der Waals surface area contributed by atoms with E-state index in [1.165, 1.54) is 38.5 Å². The summed E-state index contributed by atoms with van der Waals surface area (Å²) in [5, 5.41) is 9.12. The van der Waals surface area contributed by atoms with Crippen LogP contribution >= 0.6 is 0 Å². The second kappa shape index (κ2) is 9.70. The lowest BCUT2D eigenvalue weighted by atomic mass is 10.1. The Balaban J connectivity index is 1.91. The largest absolute Gasteiger partial charge is 0.497 e. The van der Waals surface area contributed by atoms with Crippen molar-refractivity contribution < 1.29 is 32.0 Å². The topological polar surface area (TPSA) is 138 Å². The highest BCUT2D eigenvalue weighted by atomic mass is 32.2. The zero-order chi connectivity index (χ0) is 26.2. The molecule has 0 saturated carbocycles. The maximum atomic E-state index is 13.8. The molecular weight excluding hydrogens is 506 g/mol. The number of aryl methyl sites for hydroxylation is 1. The Labute approximate surface area is 210 Å². The molecule has 36 heavy (non-hydrogen) atoms. The number of benzene rings is 2. The third-order valence-corrected chi connectivity index (χ3v) is 8.66. The number of fused-ring (bicyclic) bond motifs is 1. The predicted molar refractivity (Wildman–Crippen MR) is 133 cm³/mol. The maximum Gasteiger partial charge on any atom is 0.335 e. The predicted octanol–water partition coefficient (Wildman–Crippen LogP) is 3.31. The molecule has 10 nitrogen and oxygen atoms in total. The number of aromatic carboxylic acids is 1. The Hall–Kier alpha value is -3.77. The first-order chi connectivity index (χ1) is 17.1. The number of carboxylic acid groups (broad SMARTS) is 1. The minimum atomic E-state index is -4.40. The second-order valence-corrected chi connectivity index (χ2v) is 11.0. The molecule has 0 aliphatic heterocycles. The number of hydrogen-bond donors (Lipinski definition) is 1. The molecule has 0 saturated heterocycles. The van der Waals surface area contributed by atoms with E-state index in [4.69, 9.17) is 9.47 Å². The number of carbonyl (C=O) groups is 1. The number of ether oxygens (including phenoxy) is 2. The Morgan fingerprint density at radius 3 is 2.53 bits per heavy atom. The first-order valence-corrected chi connectivity index (χ1v) is 13.4. The highest BCUT2D eigenvalue weighted by Gasteiger charge is 2.29. The summed E-state index contributed by atoms with van der Waals surface area (Å²) in [6.45, 7) is 3.62. The van der Waals surface area contributed by atoms with Gasteiger partial charge in [-0.3, -0.25) is 9.19 Å². The molecule has 1 atom stereocenters. The zero-order valence-corrected chi connectivity index (χ0v) is 21.5. The molecule has 0 bridgehead atoms. The van der Waals surface area contributed by atoms with Crippen LogP contribution < -0.4 is 9.47 Å². The van der Waals surface area contributed by atoms with Crippen molar-refractivity contribution in [2.24, 2.45) is 0 Å². The molecule has 1 N–H and O–H groups in total. The fourth-order valence-electron chi connectivity index (χ4n) is 3.81. The van der Waals surface area contributed by atoms with E-state index in [9.17, 15) is 22.5 Å². The number of pyridine rings is 1. The van der Waals surface area contributed by atoms with Crippen molar-refractivity contribution in [3.8, 4) is 11.5 Å². The molecule has 2 aromatic carbocycles. The fourth-order valence-corrected chi connectivity index (χ4v) is 6.90. The van der Waals surface area contributed by atoms with E-state index in [0.717, 1.165) is 15.6 Å². The van der Waals surface area contributed by atoms with Crippen molar-refractivity contribution in [3.05, 3.63) is 71.0 Å². The number of aromatic nitrogens is 3. The summed E-state index contributed by atoms with van der Waals surface area (Å²) in [5.74, 6) is -0.416. The van der Waals surface area contributed by atoms with Crippen LogP contribution in [0.3, 0.4) is 0 Å². The van der Waals surface area contributed by atoms with Gasteiger partial charge in [0.1, 0.15) is 11.5 Å². The number of rotatable bonds is 8. The fraction of sp³-hybridized carbons (Fsp3) is 0.208. The van der Waals surface area contributed by atoms with Crippen molar-refractivity contribution in [1.82, 2.24) is 13.9 Å². The third-order valence-electron chi connectivity index (χ3n) is 5.63. The van der Waals surface area contributed by atoms with Gasteiger partial charge in [0.2, 0.25) is 5.16 Å². The van der Waals surface area contributed by atoms with Gasteiger partial charge in [0, 0.05) is 23.4 Å². The molecule has 1 unspecified atom stereocenters. The van der Waals surface area contributed by atoms with Gasteiger partial charge in [0.15, 0.2) is 0 Å². The summed E-state index contributed by atoms with van der Waals surface area (Å²) in [7, 11) is -3.39. The van der Waals surface area contributed by atoms with Crippen molar-refractivity contribution in [1.29, 1.82) is 0 Å². The normalized spacial score (nSPS) is 12.4.